The second kappa shape index (κ2) is 14.7. The van der Waals surface area contributed by atoms with Crippen LogP contribution in [0.25, 0.3) is 0 Å². The first-order valence-corrected chi connectivity index (χ1v) is 16.6. The SMILES string of the molecule is CCN(C(=O)c1cc(F)ccc1Oc1nncnc1N1CCC2(C1)CN(C(CC(O)CN(C(=O)OC)C(C)(C)C)C(C)C)C2)C(C)C. The number of methoxy groups -OCH3 is 1. The number of hydrogen-bond donors (Lipinski definition) is 1. The molecule has 2 atom stereocenters. The molecule has 1 spiro atoms. The van der Waals surface area contributed by atoms with E-state index in [0.717, 1.165) is 32.6 Å². The highest BCUT2D eigenvalue weighted by Gasteiger charge is 2.50. The molecular formula is C34H52FN7O5. The Balaban J connectivity index is 1.45. The smallest absolute Gasteiger partial charge is 0.410 e. The molecule has 47 heavy (non-hydrogen) atoms. The molecule has 3 heterocycles. The first kappa shape index (κ1) is 36.3. The van der Waals surface area contributed by atoms with Gasteiger partial charge in [0.2, 0.25) is 0 Å². The minimum absolute atomic E-state index is 0.0413. The molecule has 0 aliphatic carbocycles. The van der Waals surface area contributed by atoms with Crippen molar-refractivity contribution in [1.29, 1.82) is 0 Å². The van der Waals surface area contributed by atoms with Gasteiger partial charge >= 0.3 is 6.09 Å². The number of hydrogen-bond acceptors (Lipinski definition) is 10. The number of carbonyl (C=O) groups excluding carboxylic acids is 2. The predicted octanol–water partition coefficient (Wildman–Crippen LogP) is 4.83. The summed E-state index contributed by atoms with van der Waals surface area (Å²) in [4.78, 5) is 38.1. The highest BCUT2D eigenvalue weighted by Crippen LogP contribution is 2.44. The number of aromatic nitrogens is 3. The van der Waals surface area contributed by atoms with Crippen LogP contribution in [-0.2, 0) is 4.74 Å². The fourth-order valence-corrected chi connectivity index (χ4v) is 6.87. The van der Waals surface area contributed by atoms with Gasteiger partial charge in [0.05, 0.1) is 25.3 Å². The van der Waals surface area contributed by atoms with Crippen LogP contribution in [0.15, 0.2) is 24.5 Å². The van der Waals surface area contributed by atoms with Crippen molar-refractivity contribution in [3.63, 3.8) is 0 Å². The van der Waals surface area contributed by atoms with Crippen LogP contribution >= 0.6 is 0 Å². The summed E-state index contributed by atoms with van der Waals surface area (Å²) in [7, 11) is 1.36. The summed E-state index contributed by atoms with van der Waals surface area (Å²) in [5.74, 6) is 0.320. The third-order valence-electron chi connectivity index (χ3n) is 9.34. The maximum atomic E-state index is 14.3. The molecule has 1 aromatic heterocycles. The fraction of sp³-hybridized carbons (Fsp3) is 0.676. The summed E-state index contributed by atoms with van der Waals surface area (Å²) in [5.41, 5.74) is -0.325. The Morgan fingerprint density at radius 3 is 2.45 bits per heavy atom. The Bertz CT molecular complexity index is 1400. The van der Waals surface area contributed by atoms with Crippen molar-refractivity contribution in [3.05, 3.63) is 35.9 Å². The molecule has 2 unspecified atom stereocenters. The van der Waals surface area contributed by atoms with Gasteiger partial charge < -0.3 is 29.3 Å². The molecule has 12 nitrogen and oxygen atoms in total. The van der Waals surface area contributed by atoms with Crippen LogP contribution in [0.5, 0.6) is 11.6 Å². The molecule has 2 saturated heterocycles. The minimum Gasteiger partial charge on any atom is -0.453 e. The molecule has 2 aliphatic rings. The molecule has 0 radical (unpaired) electrons. The van der Waals surface area contributed by atoms with E-state index < -0.39 is 23.6 Å². The summed E-state index contributed by atoms with van der Waals surface area (Å²) in [6, 6.07) is 3.96. The van der Waals surface area contributed by atoms with E-state index in [1.165, 1.54) is 31.6 Å². The Morgan fingerprint density at radius 2 is 1.85 bits per heavy atom. The summed E-state index contributed by atoms with van der Waals surface area (Å²) in [6.45, 7) is 19.7. The van der Waals surface area contributed by atoms with E-state index in [9.17, 15) is 19.1 Å². The average molecular weight is 658 g/mol. The van der Waals surface area contributed by atoms with Crippen LogP contribution in [0.1, 0.15) is 78.6 Å². The molecule has 1 N–H and O–H groups in total. The number of halogens is 1. The Hall–Kier alpha value is -3.58. The maximum absolute atomic E-state index is 14.3. The van der Waals surface area contributed by atoms with Crippen LogP contribution in [-0.4, -0.2) is 117 Å². The Labute approximate surface area is 278 Å². The van der Waals surface area contributed by atoms with Crippen LogP contribution in [0, 0.1) is 17.2 Å². The summed E-state index contributed by atoms with van der Waals surface area (Å²) >= 11 is 0. The molecular weight excluding hydrogens is 605 g/mol. The fourth-order valence-electron chi connectivity index (χ4n) is 6.87. The highest BCUT2D eigenvalue weighted by molar-refractivity contribution is 5.97. The molecule has 2 fully saturated rings. The summed E-state index contributed by atoms with van der Waals surface area (Å²) in [6.07, 6.45) is 1.72. The van der Waals surface area contributed by atoms with Crippen molar-refractivity contribution in [2.45, 2.75) is 92.0 Å². The maximum Gasteiger partial charge on any atom is 0.410 e. The largest absolute Gasteiger partial charge is 0.453 e. The minimum atomic E-state index is -0.697. The molecule has 2 aliphatic heterocycles. The van der Waals surface area contributed by atoms with Crippen LogP contribution in [0.4, 0.5) is 15.0 Å². The quantitative estimate of drug-likeness (QED) is 0.340. The van der Waals surface area contributed by atoms with Crippen molar-refractivity contribution in [2.24, 2.45) is 11.3 Å². The van der Waals surface area contributed by atoms with Crippen molar-refractivity contribution >= 4 is 17.8 Å². The molecule has 0 bridgehead atoms. The zero-order valence-electron chi connectivity index (χ0n) is 29.4. The number of nitrogens with zero attached hydrogens (tertiary/aromatic N) is 7. The monoisotopic (exact) mass is 657 g/mol. The molecule has 0 saturated carbocycles. The van der Waals surface area contributed by atoms with Gasteiger partial charge in [0.15, 0.2) is 5.82 Å². The van der Waals surface area contributed by atoms with Gasteiger partial charge in [-0.2, -0.15) is 0 Å². The van der Waals surface area contributed by atoms with Crippen LogP contribution in [0.3, 0.4) is 0 Å². The lowest BCUT2D eigenvalue weighted by Crippen LogP contribution is -2.62. The van der Waals surface area contributed by atoms with E-state index in [4.69, 9.17) is 9.47 Å². The Kier molecular flexibility index (Phi) is 11.3. The van der Waals surface area contributed by atoms with E-state index in [1.807, 2.05) is 41.5 Å². The van der Waals surface area contributed by atoms with Gasteiger partial charge in [-0.05, 0) is 78.5 Å². The molecule has 4 rings (SSSR count). The van der Waals surface area contributed by atoms with Gasteiger partial charge in [-0.3, -0.25) is 9.69 Å². The Morgan fingerprint density at radius 1 is 1.15 bits per heavy atom. The number of aliphatic hydroxyl groups excluding tert-OH is 1. The molecule has 1 aromatic carbocycles. The van der Waals surface area contributed by atoms with Crippen molar-refractivity contribution in [3.8, 4) is 11.6 Å². The normalized spacial score (nSPS) is 17.5. The van der Waals surface area contributed by atoms with Gasteiger partial charge in [0.1, 0.15) is 17.9 Å². The van der Waals surface area contributed by atoms with Crippen LogP contribution in [0.2, 0.25) is 0 Å². The van der Waals surface area contributed by atoms with Gasteiger partial charge in [0.25, 0.3) is 11.8 Å². The van der Waals surface area contributed by atoms with Crippen molar-refractivity contribution < 1.29 is 28.6 Å². The first-order valence-electron chi connectivity index (χ1n) is 16.6. The topological polar surface area (TPSA) is 124 Å². The van der Waals surface area contributed by atoms with Crippen molar-refractivity contribution in [2.75, 3.05) is 51.3 Å². The average Bonchev–Trinajstić information content (AvgIpc) is 3.44. The van der Waals surface area contributed by atoms with E-state index in [2.05, 4.69) is 38.8 Å². The third-order valence-corrected chi connectivity index (χ3v) is 9.34. The molecule has 2 aromatic rings. The number of benzene rings is 1. The number of anilines is 1. The van der Waals surface area contributed by atoms with Gasteiger partial charge in [-0.15, -0.1) is 10.2 Å². The third kappa shape index (κ3) is 8.29. The lowest BCUT2D eigenvalue weighted by Gasteiger charge is -2.53. The number of rotatable bonds is 12. The summed E-state index contributed by atoms with van der Waals surface area (Å²) < 4.78 is 25.5. The molecule has 13 heteroatoms. The lowest BCUT2D eigenvalue weighted by molar-refractivity contribution is -0.0505. The molecule has 2 amide bonds. The predicted molar refractivity (Wildman–Crippen MR) is 177 cm³/mol. The van der Waals surface area contributed by atoms with Gasteiger partial charge in [-0.25, -0.2) is 14.2 Å². The zero-order chi connectivity index (χ0) is 34.7. The van der Waals surface area contributed by atoms with Gasteiger partial charge in [0, 0.05) is 55.8 Å². The zero-order valence-corrected chi connectivity index (χ0v) is 29.4. The lowest BCUT2D eigenvalue weighted by atomic mass is 9.76. The first-order chi connectivity index (χ1) is 22.1. The number of β-amino-alcohol motifs (C(OH)–C–C–N with tert-alkyl or cyclic N) is 1. The number of amides is 2. The second-order valence-electron chi connectivity index (χ2n) is 14.5. The summed E-state index contributed by atoms with van der Waals surface area (Å²) in [5, 5.41) is 19.3. The van der Waals surface area contributed by atoms with Crippen LogP contribution < -0.4 is 9.64 Å². The number of aliphatic hydroxyl groups is 1. The van der Waals surface area contributed by atoms with Gasteiger partial charge in [-0.1, -0.05) is 13.8 Å². The standard InChI is InChI=1S/C34H52FN7O5/c1-10-41(23(4)5)31(44)26-15-24(35)11-12-28(26)47-30-29(36-21-37-38-30)39-14-13-34(18-39)19-40(20-34)27(22(2)3)16-25(43)17-42(32(45)46-9)33(6,7)8/h11-12,15,21-23,25,27,43H,10,13-14,16-20H2,1-9H3. The van der Waals surface area contributed by atoms with E-state index in [1.54, 1.807) is 9.80 Å². The second-order valence-corrected chi connectivity index (χ2v) is 14.5. The number of carbonyl (C=O) groups is 2. The van der Waals surface area contributed by atoms with E-state index in [0.29, 0.717) is 24.7 Å². The number of ether oxygens (including phenoxy) is 2. The van der Waals surface area contributed by atoms with E-state index in [-0.39, 0.29) is 47.1 Å². The number of likely N-dealkylation sites (tertiary alicyclic amines) is 1. The van der Waals surface area contributed by atoms with Crippen molar-refractivity contribution in [1.82, 2.24) is 29.9 Å². The highest BCUT2D eigenvalue weighted by atomic mass is 19.1. The van der Waals surface area contributed by atoms with E-state index >= 15 is 0 Å². The molecule has 260 valence electrons.